The summed E-state index contributed by atoms with van der Waals surface area (Å²) in [6, 6.07) is 5.28. The molecule has 0 radical (unpaired) electrons. The Balaban J connectivity index is 2.58. The van der Waals surface area contributed by atoms with E-state index in [4.69, 9.17) is 35.4 Å². The van der Waals surface area contributed by atoms with Crippen molar-refractivity contribution in [1.29, 1.82) is 0 Å². The van der Waals surface area contributed by atoms with Crippen molar-refractivity contribution in [1.82, 2.24) is 9.97 Å². The highest BCUT2D eigenvalue weighted by atomic mass is 35.5. The number of nitrogens with one attached hydrogen (secondary N) is 1. The number of halogens is 2. The van der Waals surface area contributed by atoms with Crippen molar-refractivity contribution in [2.45, 2.75) is 0 Å². The summed E-state index contributed by atoms with van der Waals surface area (Å²) in [4.78, 5) is 7.01. The lowest BCUT2D eigenvalue weighted by Crippen LogP contribution is -1.85. The first-order chi connectivity index (χ1) is 7.15. The Bertz CT molecular complexity index is 531. The molecule has 2 aromatic rings. The molecular formula is C10H6Cl2N2S. The third-order valence-electron chi connectivity index (χ3n) is 1.83. The van der Waals surface area contributed by atoms with Crippen molar-refractivity contribution in [2.75, 3.05) is 0 Å². The predicted molar refractivity (Wildman–Crippen MR) is 64.9 cm³/mol. The molecule has 0 atom stereocenters. The molecule has 0 bridgehead atoms. The van der Waals surface area contributed by atoms with Gasteiger partial charge in [0.05, 0.1) is 18.1 Å². The number of hydrogen-bond donors (Lipinski definition) is 1. The van der Waals surface area contributed by atoms with E-state index >= 15 is 0 Å². The minimum absolute atomic E-state index is 0.573. The molecule has 0 amide bonds. The Hall–Kier alpha value is -0.900. The first kappa shape index (κ1) is 10.6. The van der Waals surface area contributed by atoms with Gasteiger partial charge in [0, 0.05) is 15.6 Å². The maximum Gasteiger partial charge on any atom is 0.122 e. The lowest BCUT2D eigenvalue weighted by Gasteiger charge is -2.02. The Morgan fingerprint density at radius 3 is 2.33 bits per heavy atom. The zero-order valence-electron chi connectivity index (χ0n) is 7.50. The van der Waals surface area contributed by atoms with Gasteiger partial charge in [-0.15, -0.1) is 0 Å². The van der Waals surface area contributed by atoms with Crippen molar-refractivity contribution < 1.29 is 0 Å². The summed E-state index contributed by atoms with van der Waals surface area (Å²) >= 11 is 16.8. The molecule has 5 heteroatoms. The van der Waals surface area contributed by atoms with E-state index in [2.05, 4.69) is 9.97 Å². The van der Waals surface area contributed by atoms with Crippen LogP contribution < -0.4 is 0 Å². The topological polar surface area (TPSA) is 28.7 Å². The first-order valence-corrected chi connectivity index (χ1v) is 5.32. The van der Waals surface area contributed by atoms with Gasteiger partial charge < -0.3 is 4.98 Å². The highest BCUT2D eigenvalue weighted by molar-refractivity contribution is 7.71. The summed E-state index contributed by atoms with van der Waals surface area (Å²) in [7, 11) is 0. The fourth-order valence-electron chi connectivity index (χ4n) is 1.23. The van der Waals surface area contributed by atoms with Gasteiger partial charge in [-0.25, -0.2) is 0 Å². The van der Waals surface area contributed by atoms with Crippen LogP contribution in [0, 0.1) is 4.64 Å². The van der Waals surface area contributed by atoms with E-state index < -0.39 is 0 Å². The lowest BCUT2D eigenvalue weighted by atomic mass is 10.2. The van der Waals surface area contributed by atoms with Crippen LogP contribution in [-0.4, -0.2) is 9.97 Å². The molecule has 0 fully saturated rings. The fraction of sp³-hybridized carbons (Fsp3) is 0. The molecule has 2 nitrogen and oxygen atoms in total. The summed E-state index contributed by atoms with van der Waals surface area (Å²) in [5.41, 5.74) is 1.67. The summed E-state index contributed by atoms with van der Waals surface area (Å²) in [6.07, 6.45) is 3.25. The third-order valence-corrected chi connectivity index (χ3v) is 2.47. The van der Waals surface area contributed by atoms with Crippen molar-refractivity contribution in [3.8, 4) is 11.3 Å². The van der Waals surface area contributed by atoms with Gasteiger partial charge in [-0.2, -0.15) is 0 Å². The van der Waals surface area contributed by atoms with E-state index in [1.165, 1.54) is 0 Å². The Kier molecular flexibility index (Phi) is 3.05. The molecule has 0 aliphatic rings. The van der Waals surface area contributed by atoms with E-state index in [0.717, 1.165) is 11.3 Å². The first-order valence-electron chi connectivity index (χ1n) is 4.16. The van der Waals surface area contributed by atoms with Crippen LogP contribution in [0.3, 0.4) is 0 Å². The highest BCUT2D eigenvalue weighted by Crippen LogP contribution is 2.25. The number of H-pyrrole nitrogens is 1. The minimum Gasteiger partial charge on any atom is -0.344 e. The molecule has 0 spiro atoms. The number of benzene rings is 1. The quantitative estimate of drug-likeness (QED) is 0.778. The fourth-order valence-corrected chi connectivity index (χ4v) is 1.93. The molecule has 2 rings (SSSR count). The van der Waals surface area contributed by atoms with Gasteiger partial charge in [0.1, 0.15) is 4.64 Å². The molecule has 1 N–H and O–H groups in total. The maximum atomic E-state index is 5.90. The summed E-state index contributed by atoms with van der Waals surface area (Å²) in [6.45, 7) is 0. The zero-order valence-corrected chi connectivity index (χ0v) is 9.83. The second-order valence-corrected chi connectivity index (χ2v) is 4.28. The Morgan fingerprint density at radius 2 is 1.73 bits per heavy atom. The normalized spacial score (nSPS) is 10.3. The average Bonchev–Trinajstić information content (AvgIpc) is 2.16. The molecule has 15 heavy (non-hydrogen) atoms. The Morgan fingerprint density at radius 1 is 1.07 bits per heavy atom. The monoisotopic (exact) mass is 256 g/mol. The SMILES string of the molecule is S=c1cncc(-c2cc(Cl)cc(Cl)c2)[nH]1. The van der Waals surface area contributed by atoms with Crippen LogP contribution in [0.4, 0.5) is 0 Å². The lowest BCUT2D eigenvalue weighted by molar-refractivity contribution is 1.18. The van der Waals surface area contributed by atoms with Crippen LogP contribution in [0.5, 0.6) is 0 Å². The summed E-state index contributed by atoms with van der Waals surface area (Å²) in [5.74, 6) is 0. The molecule has 1 heterocycles. The van der Waals surface area contributed by atoms with Crippen LogP contribution in [0.25, 0.3) is 11.3 Å². The summed E-state index contributed by atoms with van der Waals surface area (Å²) < 4.78 is 0.573. The average molecular weight is 257 g/mol. The van der Waals surface area contributed by atoms with Gasteiger partial charge >= 0.3 is 0 Å². The number of aromatic nitrogens is 2. The van der Waals surface area contributed by atoms with Crippen LogP contribution in [-0.2, 0) is 0 Å². The second-order valence-electron chi connectivity index (χ2n) is 2.97. The third kappa shape index (κ3) is 2.56. The van der Waals surface area contributed by atoms with Crippen molar-refractivity contribution >= 4 is 35.4 Å². The van der Waals surface area contributed by atoms with Gasteiger partial charge in [-0.05, 0) is 18.2 Å². The van der Waals surface area contributed by atoms with E-state index in [1.54, 1.807) is 30.6 Å². The standard InChI is InChI=1S/C10H6Cl2N2S/c11-7-1-6(2-8(12)3-7)9-4-13-5-10(15)14-9/h1-5H,(H,14,15). The van der Waals surface area contributed by atoms with E-state index in [0.29, 0.717) is 14.7 Å². The van der Waals surface area contributed by atoms with E-state index in [-0.39, 0.29) is 0 Å². The molecule has 1 aromatic carbocycles. The number of aromatic amines is 1. The Labute approximate surface area is 102 Å². The molecule has 0 aliphatic heterocycles. The maximum absolute atomic E-state index is 5.90. The number of rotatable bonds is 1. The molecule has 0 unspecified atom stereocenters. The molecule has 76 valence electrons. The van der Waals surface area contributed by atoms with E-state index in [1.807, 2.05) is 0 Å². The minimum atomic E-state index is 0.573. The highest BCUT2D eigenvalue weighted by Gasteiger charge is 2.01. The smallest absolute Gasteiger partial charge is 0.122 e. The largest absolute Gasteiger partial charge is 0.344 e. The van der Waals surface area contributed by atoms with Crippen molar-refractivity contribution in [3.05, 3.63) is 45.3 Å². The van der Waals surface area contributed by atoms with Crippen molar-refractivity contribution in [2.24, 2.45) is 0 Å². The van der Waals surface area contributed by atoms with Crippen LogP contribution >= 0.6 is 35.4 Å². The number of nitrogens with zero attached hydrogens (tertiary/aromatic N) is 1. The zero-order chi connectivity index (χ0) is 10.8. The molecule has 0 saturated heterocycles. The second kappa shape index (κ2) is 4.31. The van der Waals surface area contributed by atoms with Gasteiger partial charge in [-0.1, -0.05) is 35.4 Å². The van der Waals surface area contributed by atoms with Gasteiger partial charge in [0.2, 0.25) is 0 Å². The molecule has 0 aliphatic carbocycles. The molecule has 1 aromatic heterocycles. The van der Waals surface area contributed by atoms with Crippen LogP contribution in [0.15, 0.2) is 30.6 Å². The summed E-state index contributed by atoms with van der Waals surface area (Å²) in [5, 5.41) is 1.17. The van der Waals surface area contributed by atoms with Crippen LogP contribution in [0.2, 0.25) is 10.0 Å². The van der Waals surface area contributed by atoms with Gasteiger partial charge in [0.25, 0.3) is 0 Å². The molecule has 0 saturated carbocycles. The van der Waals surface area contributed by atoms with Crippen LogP contribution in [0.1, 0.15) is 0 Å². The van der Waals surface area contributed by atoms with Gasteiger partial charge in [-0.3, -0.25) is 4.98 Å². The van der Waals surface area contributed by atoms with Gasteiger partial charge in [0.15, 0.2) is 0 Å². The predicted octanol–water partition coefficient (Wildman–Crippen LogP) is 4.11. The van der Waals surface area contributed by atoms with Crippen molar-refractivity contribution in [3.63, 3.8) is 0 Å². The molecular weight excluding hydrogens is 251 g/mol. The number of hydrogen-bond acceptors (Lipinski definition) is 2. The van der Waals surface area contributed by atoms with E-state index in [9.17, 15) is 0 Å².